The van der Waals surface area contributed by atoms with Crippen LogP contribution in [-0.4, -0.2) is 61.3 Å². The molecule has 0 bridgehead atoms. The van der Waals surface area contributed by atoms with Crippen molar-refractivity contribution in [1.29, 1.82) is 0 Å². The van der Waals surface area contributed by atoms with Crippen LogP contribution in [0.2, 0.25) is 5.02 Å². The number of ether oxygens (including phenoxy) is 4. The zero-order valence-corrected chi connectivity index (χ0v) is 27.6. The predicted molar refractivity (Wildman–Crippen MR) is 172 cm³/mol. The van der Waals surface area contributed by atoms with Crippen molar-refractivity contribution >= 4 is 35.4 Å². The summed E-state index contributed by atoms with van der Waals surface area (Å²) in [6.45, 7) is 7.42. The molecule has 46 heavy (non-hydrogen) atoms. The highest BCUT2D eigenvalue weighted by molar-refractivity contribution is 6.32. The lowest BCUT2D eigenvalue weighted by Crippen LogP contribution is -2.50. The highest BCUT2D eigenvalue weighted by atomic mass is 35.5. The molecule has 1 fully saturated rings. The van der Waals surface area contributed by atoms with E-state index >= 15 is 0 Å². The molecule has 0 spiro atoms. The Morgan fingerprint density at radius 1 is 1.00 bits per heavy atom. The molecule has 2 aromatic carbocycles. The Morgan fingerprint density at radius 2 is 1.74 bits per heavy atom. The fourth-order valence-electron chi connectivity index (χ4n) is 5.52. The quantitative estimate of drug-likeness (QED) is 0.304. The van der Waals surface area contributed by atoms with Crippen molar-refractivity contribution in [3.05, 3.63) is 76.8 Å². The van der Waals surface area contributed by atoms with Crippen LogP contribution in [0.5, 0.6) is 5.75 Å². The van der Waals surface area contributed by atoms with E-state index in [4.69, 9.17) is 30.5 Å². The number of methoxy groups -OCH3 is 1. The summed E-state index contributed by atoms with van der Waals surface area (Å²) in [4.78, 5) is 52.9. The van der Waals surface area contributed by atoms with Gasteiger partial charge in [-0.1, -0.05) is 74.8 Å². The summed E-state index contributed by atoms with van der Waals surface area (Å²) < 4.78 is 22.9. The van der Waals surface area contributed by atoms with E-state index in [-0.39, 0.29) is 49.7 Å². The van der Waals surface area contributed by atoms with Crippen LogP contribution in [-0.2, 0) is 39.8 Å². The Labute approximate surface area is 275 Å². The molecular weight excluding hydrogens is 612 g/mol. The number of carbonyl (C=O) groups is 4. The van der Waals surface area contributed by atoms with Gasteiger partial charge in [0.2, 0.25) is 11.8 Å². The molecule has 0 radical (unpaired) electrons. The van der Waals surface area contributed by atoms with Gasteiger partial charge in [-0.05, 0) is 48.6 Å². The Balaban J connectivity index is 1.58. The van der Waals surface area contributed by atoms with Crippen molar-refractivity contribution in [2.45, 2.75) is 89.9 Å². The minimum Gasteiger partial charge on any atom is -0.495 e. The fourth-order valence-corrected chi connectivity index (χ4v) is 5.80. The first-order valence-electron chi connectivity index (χ1n) is 15.6. The molecule has 2 aliphatic rings. The van der Waals surface area contributed by atoms with E-state index in [2.05, 4.69) is 10.6 Å². The summed E-state index contributed by atoms with van der Waals surface area (Å²) in [6.07, 6.45) is 1.23. The highest BCUT2D eigenvalue weighted by Crippen LogP contribution is 2.45. The van der Waals surface area contributed by atoms with Gasteiger partial charge < -0.3 is 29.6 Å². The zero-order valence-electron chi connectivity index (χ0n) is 26.9. The van der Waals surface area contributed by atoms with E-state index in [9.17, 15) is 19.2 Å². The topological polar surface area (TPSA) is 133 Å². The van der Waals surface area contributed by atoms with E-state index in [0.29, 0.717) is 16.3 Å². The second-order valence-electron chi connectivity index (χ2n) is 12.4. The van der Waals surface area contributed by atoms with Gasteiger partial charge in [0.25, 0.3) is 0 Å². The van der Waals surface area contributed by atoms with Crippen LogP contribution in [0.25, 0.3) is 0 Å². The fraction of sp³-hybridized carbons (Fsp3) is 0.486. The number of cyclic esters (lactones) is 2. The monoisotopic (exact) mass is 654 g/mol. The molecule has 4 rings (SSSR count). The number of benzene rings is 2. The van der Waals surface area contributed by atoms with Gasteiger partial charge in [0, 0.05) is 24.8 Å². The SMILES string of the molecule is COc1ccc(C[C@H]2NC(=O)/C=C/C[C@@H]([C@H](C)[C@H]3O[C@@H]3c3ccccc3)OC(=O)[C@H](CC(C)C)OC(=O)C[C@H](C)NC2=O)cc1Cl. The summed E-state index contributed by atoms with van der Waals surface area (Å²) in [5.74, 6) is -2.01. The van der Waals surface area contributed by atoms with Crippen molar-refractivity contribution in [3.8, 4) is 5.75 Å². The molecule has 0 aliphatic carbocycles. The predicted octanol–water partition coefficient (Wildman–Crippen LogP) is 4.88. The van der Waals surface area contributed by atoms with Crippen molar-refractivity contribution < 1.29 is 38.1 Å². The largest absolute Gasteiger partial charge is 0.495 e. The van der Waals surface area contributed by atoms with Crippen LogP contribution >= 0.6 is 11.6 Å². The lowest BCUT2D eigenvalue weighted by atomic mass is 9.93. The van der Waals surface area contributed by atoms with E-state index in [0.717, 1.165) is 5.56 Å². The van der Waals surface area contributed by atoms with Crippen molar-refractivity contribution in [2.75, 3.05) is 7.11 Å². The number of amides is 2. The number of esters is 2. The van der Waals surface area contributed by atoms with Crippen LogP contribution in [0.3, 0.4) is 0 Å². The zero-order chi connectivity index (χ0) is 33.4. The number of hydrogen-bond donors (Lipinski definition) is 2. The Morgan fingerprint density at radius 3 is 2.41 bits per heavy atom. The van der Waals surface area contributed by atoms with Crippen molar-refractivity contribution in [3.63, 3.8) is 0 Å². The van der Waals surface area contributed by atoms with Crippen LogP contribution in [0.4, 0.5) is 0 Å². The maximum atomic E-state index is 13.4. The number of carbonyl (C=O) groups excluding carboxylic acids is 4. The number of epoxide rings is 1. The molecule has 10 nitrogen and oxygen atoms in total. The van der Waals surface area contributed by atoms with Gasteiger partial charge in [-0.3, -0.25) is 14.4 Å². The van der Waals surface area contributed by atoms with Gasteiger partial charge in [0.1, 0.15) is 24.0 Å². The van der Waals surface area contributed by atoms with Gasteiger partial charge in [0.15, 0.2) is 6.10 Å². The second-order valence-corrected chi connectivity index (χ2v) is 12.8. The van der Waals surface area contributed by atoms with Crippen molar-refractivity contribution in [2.24, 2.45) is 11.8 Å². The summed E-state index contributed by atoms with van der Waals surface area (Å²) in [6, 6.07) is 13.3. The molecule has 2 amide bonds. The Hall–Kier alpha value is -3.89. The third kappa shape index (κ3) is 9.80. The summed E-state index contributed by atoms with van der Waals surface area (Å²) in [5, 5.41) is 5.91. The molecule has 2 heterocycles. The first-order valence-corrected chi connectivity index (χ1v) is 16.0. The second kappa shape index (κ2) is 16.1. The molecule has 11 heteroatoms. The van der Waals surface area contributed by atoms with Crippen molar-refractivity contribution in [1.82, 2.24) is 10.6 Å². The summed E-state index contributed by atoms with van der Waals surface area (Å²) in [7, 11) is 1.51. The third-order valence-electron chi connectivity index (χ3n) is 8.04. The standard InChI is InChI=1S/C35H43ClN2O8/c1-20(2)16-29-35(42)45-27(22(4)32-33(46-32)24-10-7-6-8-11-24)12-9-13-30(39)38-26(34(41)37-21(3)17-31(40)44-29)19-23-14-15-28(43-5)25(36)18-23/h6-11,13-15,18,20-22,26-27,29,32-33H,12,16-17,19H2,1-5H3,(H,37,41)(H,38,39)/b13-9+/t21-,22-,26+,27-,29-,32+,33+/m0/s1. The average molecular weight is 655 g/mol. The lowest BCUT2D eigenvalue weighted by Gasteiger charge is -2.26. The Kier molecular flexibility index (Phi) is 12.2. The molecule has 0 unspecified atom stereocenters. The molecule has 7 atom stereocenters. The maximum absolute atomic E-state index is 13.4. The number of halogens is 1. The number of rotatable bonds is 8. The van der Waals surface area contributed by atoms with Gasteiger partial charge in [-0.25, -0.2) is 4.79 Å². The van der Waals surface area contributed by atoms with Gasteiger partial charge in [-0.2, -0.15) is 0 Å². The van der Waals surface area contributed by atoms with E-state index in [1.165, 1.54) is 13.2 Å². The summed E-state index contributed by atoms with van der Waals surface area (Å²) >= 11 is 6.30. The maximum Gasteiger partial charge on any atom is 0.347 e. The van der Waals surface area contributed by atoms with Gasteiger partial charge in [-0.15, -0.1) is 0 Å². The van der Waals surface area contributed by atoms with Gasteiger partial charge in [0.05, 0.1) is 24.7 Å². The molecule has 2 N–H and O–H groups in total. The highest BCUT2D eigenvalue weighted by Gasteiger charge is 2.47. The minimum atomic E-state index is -1.12. The first kappa shape index (κ1) is 35.0. The number of hydrogen-bond acceptors (Lipinski definition) is 8. The molecule has 2 aromatic rings. The van der Waals surface area contributed by atoms with Crippen LogP contribution in [0.1, 0.15) is 64.2 Å². The van der Waals surface area contributed by atoms with Crippen LogP contribution in [0.15, 0.2) is 60.7 Å². The summed E-state index contributed by atoms with van der Waals surface area (Å²) in [5.41, 5.74) is 1.73. The minimum absolute atomic E-state index is 0.0361. The molecule has 2 aliphatic heterocycles. The number of nitrogens with one attached hydrogen (secondary N) is 2. The molecule has 1 saturated heterocycles. The molecule has 0 aromatic heterocycles. The van der Waals surface area contributed by atoms with Crippen LogP contribution in [0, 0.1) is 11.8 Å². The third-order valence-corrected chi connectivity index (χ3v) is 8.33. The van der Waals surface area contributed by atoms with E-state index in [1.54, 1.807) is 31.2 Å². The normalized spacial score (nSPS) is 27.5. The average Bonchev–Trinajstić information content (AvgIpc) is 3.80. The van der Waals surface area contributed by atoms with Gasteiger partial charge >= 0.3 is 11.9 Å². The smallest absolute Gasteiger partial charge is 0.347 e. The Bertz CT molecular complexity index is 1410. The molecule has 248 valence electrons. The molecular formula is C35H43ClN2O8. The van der Waals surface area contributed by atoms with E-state index in [1.807, 2.05) is 51.1 Å². The van der Waals surface area contributed by atoms with E-state index < -0.39 is 48.0 Å². The first-order chi connectivity index (χ1) is 21.9. The molecule has 0 saturated carbocycles. The van der Waals surface area contributed by atoms with Crippen LogP contribution < -0.4 is 15.4 Å². The lowest BCUT2D eigenvalue weighted by molar-refractivity contribution is -0.174.